The number of hydrogen-bond acceptors (Lipinski definition) is 2. The molecule has 1 fully saturated rings. The van der Waals surface area contributed by atoms with Gasteiger partial charge in [0.25, 0.3) is 0 Å². The van der Waals surface area contributed by atoms with Crippen LogP contribution in [0, 0.1) is 11.6 Å². The summed E-state index contributed by atoms with van der Waals surface area (Å²) in [5.41, 5.74) is 5.18. The largest absolute Gasteiger partial charge is 0.326 e. The molecule has 2 rings (SSSR count). The van der Waals surface area contributed by atoms with Gasteiger partial charge in [-0.15, -0.1) is 0 Å². The van der Waals surface area contributed by atoms with Crippen molar-refractivity contribution in [3.63, 3.8) is 0 Å². The van der Waals surface area contributed by atoms with E-state index in [1.54, 1.807) is 0 Å². The normalized spacial score (nSPS) is 20.6. The third kappa shape index (κ3) is 1.88. The maximum absolute atomic E-state index is 13.5. The van der Waals surface area contributed by atoms with Crippen molar-refractivity contribution in [1.82, 2.24) is 0 Å². The molecule has 0 aliphatic carbocycles. The van der Waals surface area contributed by atoms with E-state index in [4.69, 9.17) is 17.3 Å². The van der Waals surface area contributed by atoms with Gasteiger partial charge in [-0.25, -0.2) is 8.78 Å². The van der Waals surface area contributed by atoms with E-state index in [0.29, 0.717) is 0 Å². The van der Waals surface area contributed by atoms with Gasteiger partial charge in [0.1, 0.15) is 5.69 Å². The molecule has 1 atom stereocenters. The third-order valence-electron chi connectivity index (χ3n) is 2.41. The number of hydrogen-bond donors (Lipinski definition) is 1. The van der Waals surface area contributed by atoms with Crippen LogP contribution in [0.3, 0.4) is 0 Å². The number of nitrogens with two attached hydrogens (primary N) is 1. The summed E-state index contributed by atoms with van der Waals surface area (Å²) >= 11 is 5.49. The molecule has 1 aromatic carbocycles. The molecule has 1 heterocycles. The van der Waals surface area contributed by atoms with Gasteiger partial charge in [0, 0.05) is 24.0 Å². The first-order valence-electron chi connectivity index (χ1n) is 4.69. The van der Waals surface area contributed by atoms with Crippen molar-refractivity contribution in [3.8, 4) is 0 Å². The van der Waals surface area contributed by atoms with Crippen molar-refractivity contribution in [1.29, 1.82) is 0 Å². The molecule has 1 aromatic rings. The lowest BCUT2D eigenvalue weighted by atomic mass is 10.2. The van der Waals surface area contributed by atoms with Crippen molar-refractivity contribution in [2.75, 3.05) is 11.4 Å². The number of anilines is 1. The van der Waals surface area contributed by atoms with E-state index < -0.39 is 11.6 Å². The van der Waals surface area contributed by atoms with Crippen LogP contribution in [-0.4, -0.2) is 18.5 Å². The number of rotatable bonds is 1. The molecule has 0 saturated carbocycles. The highest BCUT2D eigenvalue weighted by molar-refractivity contribution is 6.30. The first kappa shape index (κ1) is 11.3. The van der Waals surface area contributed by atoms with E-state index in [0.717, 1.165) is 17.0 Å². The van der Waals surface area contributed by atoms with E-state index in [1.165, 1.54) is 0 Å². The number of carbonyl (C=O) groups excluding carboxylic acids is 1. The zero-order valence-corrected chi connectivity index (χ0v) is 8.97. The highest BCUT2D eigenvalue weighted by Crippen LogP contribution is 2.29. The van der Waals surface area contributed by atoms with Gasteiger partial charge < -0.3 is 10.6 Å². The predicted molar refractivity (Wildman–Crippen MR) is 56.3 cm³/mol. The first-order chi connectivity index (χ1) is 7.49. The molecule has 0 radical (unpaired) electrons. The Morgan fingerprint density at radius 3 is 2.38 bits per heavy atom. The van der Waals surface area contributed by atoms with Gasteiger partial charge in [0.15, 0.2) is 11.6 Å². The Morgan fingerprint density at radius 2 is 1.94 bits per heavy atom. The average Bonchev–Trinajstić information content (AvgIpc) is 2.43. The molecular formula is C10H9ClF2N2O. The number of nitrogens with zero attached hydrogens (tertiary/aromatic N) is 1. The van der Waals surface area contributed by atoms with Crippen LogP contribution in [0.25, 0.3) is 0 Å². The smallest absolute Gasteiger partial charge is 0.228 e. The van der Waals surface area contributed by atoms with Crippen LogP contribution >= 0.6 is 11.6 Å². The van der Waals surface area contributed by atoms with E-state index in [9.17, 15) is 13.6 Å². The van der Waals surface area contributed by atoms with Crippen molar-refractivity contribution in [2.45, 2.75) is 12.5 Å². The minimum atomic E-state index is -0.854. The predicted octanol–water partition coefficient (Wildman–Crippen LogP) is 1.68. The van der Waals surface area contributed by atoms with Crippen LogP contribution in [0.5, 0.6) is 0 Å². The van der Waals surface area contributed by atoms with Crippen LogP contribution in [0.2, 0.25) is 5.02 Å². The Labute approximate surface area is 95.8 Å². The number of halogens is 3. The Morgan fingerprint density at radius 1 is 1.38 bits per heavy atom. The van der Waals surface area contributed by atoms with Crippen LogP contribution < -0.4 is 10.6 Å². The first-order valence-corrected chi connectivity index (χ1v) is 5.07. The summed E-state index contributed by atoms with van der Waals surface area (Å²) in [6.45, 7) is 0.119. The molecule has 0 aromatic heterocycles. The zero-order valence-electron chi connectivity index (χ0n) is 8.21. The Kier molecular flexibility index (Phi) is 2.82. The molecule has 1 aliphatic heterocycles. The summed E-state index contributed by atoms with van der Waals surface area (Å²) in [5.74, 6) is -2.09. The van der Waals surface area contributed by atoms with Gasteiger partial charge >= 0.3 is 0 Å². The molecule has 3 nitrogen and oxygen atoms in total. The monoisotopic (exact) mass is 246 g/mol. The summed E-state index contributed by atoms with van der Waals surface area (Å²) in [7, 11) is 0. The molecule has 1 amide bonds. The molecule has 86 valence electrons. The molecule has 2 N–H and O–H groups in total. The minimum Gasteiger partial charge on any atom is -0.326 e. The fourth-order valence-electron chi connectivity index (χ4n) is 1.74. The summed E-state index contributed by atoms with van der Waals surface area (Å²) < 4.78 is 27.0. The molecule has 1 aliphatic rings. The lowest BCUT2D eigenvalue weighted by molar-refractivity contribution is -0.117. The van der Waals surface area contributed by atoms with E-state index in [-0.39, 0.29) is 35.6 Å². The summed E-state index contributed by atoms with van der Waals surface area (Å²) in [4.78, 5) is 12.5. The van der Waals surface area contributed by atoms with Crippen LogP contribution in [0.1, 0.15) is 6.42 Å². The van der Waals surface area contributed by atoms with Crippen molar-refractivity contribution >= 4 is 23.2 Å². The molecule has 16 heavy (non-hydrogen) atoms. The Hall–Kier alpha value is -1.20. The third-order valence-corrected chi connectivity index (χ3v) is 2.62. The molecule has 0 spiro atoms. The van der Waals surface area contributed by atoms with Gasteiger partial charge in [0.05, 0.1) is 0 Å². The maximum atomic E-state index is 13.5. The van der Waals surface area contributed by atoms with Crippen LogP contribution in [0.4, 0.5) is 14.5 Å². The summed E-state index contributed by atoms with van der Waals surface area (Å²) in [6, 6.07) is 1.55. The topological polar surface area (TPSA) is 46.3 Å². The quantitative estimate of drug-likeness (QED) is 0.820. The number of amides is 1. The fourth-order valence-corrected chi connectivity index (χ4v) is 1.94. The molecule has 6 heteroatoms. The van der Waals surface area contributed by atoms with Crippen molar-refractivity contribution in [3.05, 3.63) is 28.8 Å². The van der Waals surface area contributed by atoms with E-state index in [1.807, 2.05) is 0 Å². The van der Waals surface area contributed by atoms with E-state index >= 15 is 0 Å². The average molecular weight is 247 g/mol. The minimum absolute atomic E-state index is 0.0466. The van der Waals surface area contributed by atoms with Gasteiger partial charge in [-0.05, 0) is 12.1 Å². The van der Waals surface area contributed by atoms with Crippen molar-refractivity contribution in [2.24, 2.45) is 5.73 Å². The number of benzene rings is 1. The fraction of sp³-hybridized carbons (Fsp3) is 0.300. The van der Waals surface area contributed by atoms with Crippen molar-refractivity contribution < 1.29 is 13.6 Å². The lowest BCUT2D eigenvalue weighted by Crippen LogP contribution is -2.29. The van der Waals surface area contributed by atoms with Gasteiger partial charge in [-0.1, -0.05) is 11.6 Å². The maximum Gasteiger partial charge on any atom is 0.228 e. The molecule has 1 saturated heterocycles. The molecule has 0 bridgehead atoms. The van der Waals surface area contributed by atoms with Crippen LogP contribution in [0.15, 0.2) is 12.1 Å². The highest BCUT2D eigenvalue weighted by atomic mass is 35.5. The Balaban J connectivity index is 2.44. The highest BCUT2D eigenvalue weighted by Gasteiger charge is 2.31. The molecule has 1 unspecified atom stereocenters. The zero-order chi connectivity index (χ0) is 11.9. The Bertz CT molecular complexity index is 429. The SMILES string of the molecule is NC1CC(=O)N(c2c(F)cc(Cl)cc2F)C1. The van der Waals surface area contributed by atoms with Gasteiger partial charge in [-0.2, -0.15) is 0 Å². The second-order valence-corrected chi connectivity index (χ2v) is 4.12. The van der Waals surface area contributed by atoms with Crippen LogP contribution in [-0.2, 0) is 4.79 Å². The summed E-state index contributed by atoms with van der Waals surface area (Å²) in [6.07, 6.45) is 0.0987. The van der Waals surface area contributed by atoms with Gasteiger partial charge in [0.2, 0.25) is 5.91 Å². The summed E-state index contributed by atoms with van der Waals surface area (Å²) in [5, 5.41) is -0.0466. The second-order valence-electron chi connectivity index (χ2n) is 3.69. The second kappa shape index (κ2) is 3.99. The van der Waals surface area contributed by atoms with E-state index in [2.05, 4.69) is 0 Å². The number of carbonyl (C=O) groups is 1. The lowest BCUT2D eigenvalue weighted by Gasteiger charge is -2.17. The van der Waals surface area contributed by atoms with Gasteiger partial charge in [-0.3, -0.25) is 4.79 Å². The molecular weight excluding hydrogens is 238 g/mol. The standard InChI is InChI=1S/C10H9ClF2N2O/c11-5-1-7(12)10(8(13)2-5)15-4-6(14)3-9(15)16/h1-2,6H,3-4,14H2.